The van der Waals surface area contributed by atoms with Crippen LogP contribution in [0.1, 0.15) is 5.69 Å². The molecule has 0 aliphatic rings. The molecule has 0 atom stereocenters. The van der Waals surface area contributed by atoms with Gasteiger partial charge in [-0.3, -0.25) is 0 Å². The highest BCUT2D eigenvalue weighted by atomic mass is 14.7. The zero-order chi connectivity index (χ0) is 12.4. The second kappa shape index (κ2) is 4.31. The van der Waals surface area contributed by atoms with Crippen LogP contribution < -0.4 is 0 Å². The SMILES string of the molecule is N#Cc1cc(-c2ccc3c[c]ccc3c2)ccn1. The Hall–Kier alpha value is -2.66. The van der Waals surface area contributed by atoms with Gasteiger partial charge in [0.2, 0.25) is 0 Å². The van der Waals surface area contributed by atoms with Crippen LogP contribution >= 0.6 is 0 Å². The topological polar surface area (TPSA) is 36.7 Å². The molecule has 0 fully saturated rings. The van der Waals surface area contributed by atoms with Crippen molar-refractivity contribution < 1.29 is 0 Å². The van der Waals surface area contributed by atoms with Crippen LogP contribution in [-0.2, 0) is 0 Å². The third-order valence-electron chi connectivity index (χ3n) is 2.89. The van der Waals surface area contributed by atoms with Gasteiger partial charge in [-0.15, -0.1) is 0 Å². The summed E-state index contributed by atoms with van der Waals surface area (Å²) in [6, 6.07) is 21.0. The lowest BCUT2D eigenvalue weighted by Gasteiger charge is -2.04. The van der Waals surface area contributed by atoms with Crippen LogP contribution in [0.25, 0.3) is 21.9 Å². The zero-order valence-corrected chi connectivity index (χ0v) is 9.59. The normalized spacial score (nSPS) is 10.2. The first kappa shape index (κ1) is 10.5. The molecule has 0 amide bonds. The van der Waals surface area contributed by atoms with Gasteiger partial charge in [0, 0.05) is 6.20 Å². The first-order valence-corrected chi connectivity index (χ1v) is 5.63. The summed E-state index contributed by atoms with van der Waals surface area (Å²) in [6.45, 7) is 0. The highest BCUT2D eigenvalue weighted by Gasteiger charge is 2.01. The molecular weight excluding hydrogens is 220 g/mol. The van der Waals surface area contributed by atoms with Crippen LogP contribution in [0.2, 0.25) is 0 Å². The molecule has 0 N–H and O–H groups in total. The Morgan fingerprint density at radius 3 is 2.78 bits per heavy atom. The standard InChI is InChI=1S/C16H9N2/c17-11-16-10-15(7-8-18-16)14-6-5-12-3-1-2-4-13(12)9-14/h2-10H. The van der Waals surface area contributed by atoms with Gasteiger partial charge in [-0.1, -0.05) is 24.3 Å². The number of nitriles is 1. The van der Waals surface area contributed by atoms with E-state index in [1.807, 2.05) is 30.3 Å². The predicted octanol–water partition coefficient (Wildman–Crippen LogP) is 3.57. The van der Waals surface area contributed by atoms with E-state index in [0.29, 0.717) is 5.69 Å². The Bertz CT molecular complexity index is 754. The van der Waals surface area contributed by atoms with Crippen LogP contribution in [0, 0.1) is 17.4 Å². The Morgan fingerprint density at radius 2 is 1.89 bits per heavy atom. The first-order chi connectivity index (χ1) is 8.86. The molecule has 0 aliphatic heterocycles. The lowest BCUT2D eigenvalue weighted by Crippen LogP contribution is -1.84. The minimum absolute atomic E-state index is 0.439. The van der Waals surface area contributed by atoms with Gasteiger partial charge in [-0.05, 0) is 52.2 Å². The third-order valence-corrected chi connectivity index (χ3v) is 2.89. The van der Waals surface area contributed by atoms with E-state index in [9.17, 15) is 0 Å². The molecule has 0 spiro atoms. The quantitative estimate of drug-likeness (QED) is 0.639. The van der Waals surface area contributed by atoms with Crippen LogP contribution in [0.5, 0.6) is 0 Å². The monoisotopic (exact) mass is 229 g/mol. The van der Waals surface area contributed by atoms with Crippen LogP contribution in [-0.4, -0.2) is 4.98 Å². The van der Waals surface area contributed by atoms with Gasteiger partial charge in [-0.2, -0.15) is 5.26 Å². The maximum absolute atomic E-state index is 8.86. The Labute approximate surface area is 105 Å². The fourth-order valence-electron chi connectivity index (χ4n) is 1.98. The molecule has 0 aliphatic carbocycles. The Kier molecular flexibility index (Phi) is 2.51. The number of benzene rings is 2. The van der Waals surface area contributed by atoms with Crippen molar-refractivity contribution in [2.75, 3.05) is 0 Å². The molecule has 1 heterocycles. The van der Waals surface area contributed by atoms with Crippen LogP contribution in [0.3, 0.4) is 0 Å². The van der Waals surface area contributed by atoms with Gasteiger partial charge >= 0.3 is 0 Å². The molecule has 1 aromatic heterocycles. The smallest absolute Gasteiger partial charge is 0.141 e. The van der Waals surface area contributed by atoms with E-state index in [1.165, 1.54) is 5.39 Å². The lowest BCUT2D eigenvalue weighted by molar-refractivity contribution is 1.27. The van der Waals surface area contributed by atoms with Crippen LogP contribution in [0.4, 0.5) is 0 Å². The number of fused-ring (bicyclic) bond motifs is 1. The molecule has 1 radical (unpaired) electrons. The summed E-state index contributed by atoms with van der Waals surface area (Å²) in [7, 11) is 0. The summed E-state index contributed by atoms with van der Waals surface area (Å²) < 4.78 is 0. The van der Waals surface area contributed by atoms with Gasteiger partial charge in [0.05, 0.1) is 0 Å². The molecule has 0 bridgehead atoms. The molecule has 2 nitrogen and oxygen atoms in total. The summed E-state index contributed by atoms with van der Waals surface area (Å²) >= 11 is 0. The van der Waals surface area contributed by atoms with Crippen molar-refractivity contribution in [3.63, 3.8) is 0 Å². The van der Waals surface area contributed by atoms with Crippen molar-refractivity contribution in [3.05, 3.63) is 66.5 Å². The van der Waals surface area contributed by atoms with E-state index >= 15 is 0 Å². The van der Waals surface area contributed by atoms with Gasteiger partial charge in [0.15, 0.2) is 0 Å². The third kappa shape index (κ3) is 1.83. The average Bonchev–Trinajstić information content (AvgIpc) is 2.47. The Balaban J connectivity index is 2.16. The van der Waals surface area contributed by atoms with E-state index in [0.717, 1.165) is 16.5 Å². The van der Waals surface area contributed by atoms with Crippen LogP contribution in [0.15, 0.2) is 54.7 Å². The average molecular weight is 229 g/mol. The van der Waals surface area contributed by atoms with Crippen molar-refractivity contribution in [1.29, 1.82) is 5.26 Å². The fraction of sp³-hybridized carbons (Fsp3) is 0. The maximum Gasteiger partial charge on any atom is 0.141 e. The van der Waals surface area contributed by atoms with Crippen molar-refractivity contribution in [2.45, 2.75) is 0 Å². The maximum atomic E-state index is 8.86. The largest absolute Gasteiger partial charge is 0.246 e. The molecule has 2 aromatic carbocycles. The van der Waals surface area contributed by atoms with E-state index in [1.54, 1.807) is 12.3 Å². The molecule has 3 rings (SSSR count). The molecule has 83 valence electrons. The van der Waals surface area contributed by atoms with Crippen molar-refractivity contribution in [2.24, 2.45) is 0 Å². The van der Waals surface area contributed by atoms with Crippen molar-refractivity contribution in [3.8, 4) is 17.2 Å². The van der Waals surface area contributed by atoms with E-state index in [4.69, 9.17) is 5.26 Å². The summed E-state index contributed by atoms with van der Waals surface area (Å²) in [4.78, 5) is 3.98. The summed E-state index contributed by atoms with van der Waals surface area (Å²) in [5.41, 5.74) is 2.54. The minimum Gasteiger partial charge on any atom is -0.246 e. The number of rotatable bonds is 1. The second-order valence-electron chi connectivity index (χ2n) is 4.03. The predicted molar refractivity (Wildman–Crippen MR) is 70.7 cm³/mol. The highest BCUT2D eigenvalue weighted by Crippen LogP contribution is 2.24. The van der Waals surface area contributed by atoms with Gasteiger partial charge in [0.1, 0.15) is 11.8 Å². The van der Waals surface area contributed by atoms with Crippen molar-refractivity contribution in [1.82, 2.24) is 4.98 Å². The zero-order valence-electron chi connectivity index (χ0n) is 9.59. The molecule has 2 heteroatoms. The number of hydrogen-bond donors (Lipinski definition) is 0. The molecule has 0 saturated heterocycles. The summed E-state index contributed by atoms with van der Waals surface area (Å²) in [5, 5.41) is 11.2. The molecule has 3 aromatic rings. The second-order valence-corrected chi connectivity index (χ2v) is 4.03. The molecule has 0 unspecified atom stereocenters. The summed E-state index contributed by atoms with van der Waals surface area (Å²) in [6.07, 6.45) is 1.66. The van der Waals surface area contributed by atoms with Gasteiger partial charge < -0.3 is 0 Å². The van der Waals surface area contributed by atoms with Gasteiger partial charge in [0.25, 0.3) is 0 Å². The van der Waals surface area contributed by atoms with E-state index < -0.39 is 0 Å². The Morgan fingerprint density at radius 1 is 1.00 bits per heavy atom. The minimum atomic E-state index is 0.439. The summed E-state index contributed by atoms with van der Waals surface area (Å²) in [5.74, 6) is 0. The molecule has 18 heavy (non-hydrogen) atoms. The van der Waals surface area contributed by atoms with E-state index in [-0.39, 0.29) is 0 Å². The molecular formula is C16H9N2. The molecule has 0 saturated carbocycles. The number of aromatic nitrogens is 1. The van der Waals surface area contributed by atoms with Crippen molar-refractivity contribution >= 4 is 10.8 Å². The van der Waals surface area contributed by atoms with E-state index in [2.05, 4.69) is 29.3 Å². The number of nitrogens with zero attached hydrogens (tertiary/aromatic N) is 2. The highest BCUT2D eigenvalue weighted by molar-refractivity contribution is 5.87. The first-order valence-electron chi connectivity index (χ1n) is 5.63. The van der Waals surface area contributed by atoms with Gasteiger partial charge in [-0.25, -0.2) is 4.98 Å². The lowest BCUT2D eigenvalue weighted by atomic mass is 10.0. The number of hydrogen-bond acceptors (Lipinski definition) is 2. The fourth-order valence-corrected chi connectivity index (χ4v) is 1.98. The number of pyridine rings is 1.